The Morgan fingerprint density at radius 1 is 1.33 bits per heavy atom. The zero-order chi connectivity index (χ0) is 21.3. The van der Waals surface area contributed by atoms with E-state index >= 15 is 0 Å². The molecule has 2 aromatic heterocycles. The van der Waals surface area contributed by atoms with Gasteiger partial charge in [-0.25, -0.2) is 4.98 Å². The number of aliphatic hydroxyl groups is 1. The van der Waals surface area contributed by atoms with Crippen molar-refractivity contribution in [2.24, 2.45) is 5.73 Å². The molecule has 1 aromatic carbocycles. The molecule has 8 nitrogen and oxygen atoms in total. The van der Waals surface area contributed by atoms with Gasteiger partial charge in [-0.3, -0.25) is 9.78 Å². The summed E-state index contributed by atoms with van der Waals surface area (Å²) in [6.07, 6.45) is 4.69. The molecule has 1 amide bonds. The normalized spacial score (nSPS) is 17.7. The number of aromatic nitrogens is 2. The number of aliphatic hydroxyl groups excluding tert-OH is 1. The Morgan fingerprint density at radius 3 is 2.93 bits per heavy atom. The lowest BCUT2D eigenvalue weighted by atomic mass is 10.1. The van der Waals surface area contributed by atoms with Crippen molar-refractivity contribution < 1.29 is 9.90 Å². The number of rotatable bonds is 4. The van der Waals surface area contributed by atoms with Crippen molar-refractivity contribution in [3.05, 3.63) is 54.0 Å². The molecule has 1 fully saturated rings. The average Bonchev–Trinajstić information content (AvgIpc) is 2.73. The average molecular weight is 406 g/mol. The van der Waals surface area contributed by atoms with E-state index in [2.05, 4.69) is 20.2 Å². The smallest absolute Gasteiger partial charge is 0.276 e. The van der Waals surface area contributed by atoms with Crippen LogP contribution in [0, 0.1) is 0 Å². The van der Waals surface area contributed by atoms with Gasteiger partial charge in [-0.2, -0.15) is 0 Å². The van der Waals surface area contributed by atoms with E-state index in [4.69, 9.17) is 11.5 Å². The predicted octanol–water partition coefficient (Wildman–Crippen LogP) is 2.45. The molecule has 1 aliphatic heterocycles. The molecule has 2 atom stereocenters. The summed E-state index contributed by atoms with van der Waals surface area (Å²) in [6, 6.07) is 9.12. The molecular formula is C22H26N6O2. The Labute approximate surface area is 174 Å². The molecule has 3 heterocycles. The number of anilines is 3. The van der Waals surface area contributed by atoms with Gasteiger partial charge in [0.1, 0.15) is 0 Å². The fourth-order valence-electron chi connectivity index (χ4n) is 3.81. The van der Waals surface area contributed by atoms with Crippen LogP contribution in [0.1, 0.15) is 41.9 Å². The third-order valence-corrected chi connectivity index (χ3v) is 5.41. The lowest BCUT2D eigenvalue weighted by molar-refractivity contribution is 0.102. The number of amides is 1. The minimum Gasteiger partial charge on any atom is -0.397 e. The lowest BCUT2D eigenvalue weighted by Gasteiger charge is -2.33. The number of carbonyl (C=O) groups excluding carboxylic acids is 1. The number of pyridine rings is 2. The van der Waals surface area contributed by atoms with E-state index in [9.17, 15) is 9.90 Å². The first-order chi connectivity index (χ1) is 14.4. The molecule has 30 heavy (non-hydrogen) atoms. The molecule has 0 saturated carbocycles. The summed E-state index contributed by atoms with van der Waals surface area (Å²) in [5, 5.41) is 13.5. The third kappa shape index (κ3) is 4.05. The summed E-state index contributed by atoms with van der Waals surface area (Å²) in [5.74, 6) is -0.410. The summed E-state index contributed by atoms with van der Waals surface area (Å²) < 4.78 is 0. The number of benzene rings is 1. The number of carbonyl (C=O) groups is 1. The van der Waals surface area contributed by atoms with Crippen molar-refractivity contribution in [3.8, 4) is 0 Å². The van der Waals surface area contributed by atoms with Gasteiger partial charge in [-0.05, 0) is 43.5 Å². The molecular weight excluding hydrogens is 380 g/mol. The minimum absolute atomic E-state index is 0.108. The zero-order valence-electron chi connectivity index (χ0n) is 16.9. The van der Waals surface area contributed by atoms with Gasteiger partial charge in [-0.15, -0.1) is 0 Å². The number of hydrogen-bond donors (Lipinski definition) is 4. The van der Waals surface area contributed by atoms with E-state index in [1.54, 1.807) is 31.5 Å². The standard InChI is InChI=1S/C22H26N6O2/c1-13(29)14-4-5-15-9-17(24)21(26-18(15)10-14)22(30)27-19-11-25-7-6-20(19)28-8-2-3-16(23)12-28/h4-7,9-11,13,16,29H,2-3,8,12,23-24H2,1H3,(H,27,30). The molecule has 6 N–H and O–H groups in total. The third-order valence-electron chi connectivity index (χ3n) is 5.41. The summed E-state index contributed by atoms with van der Waals surface area (Å²) in [6.45, 7) is 3.28. The molecule has 0 radical (unpaired) electrons. The largest absolute Gasteiger partial charge is 0.397 e. The molecule has 4 rings (SSSR count). The van der Waals surface area contributed by atoms with E-state index in [1.807, 2.05) is 18.2 Å². The Hall–Kier alpha value is -3.23. The maximum atomic E-state index is 13.0. The van der Waals surface area contributed by atoms with Gasteiger partial charge in [0, 0.05) is 30.7 Å². The van der Waals surface area contributed by atoms with Crippen LogP contribution in [0.15, 0.2) is 42.7 Å². The first-order valence-electron chi connectivity index (χ1n) is 10.1. The van der Waals surface area contributed by atoms with Gasteiger partial charge in [0.05, 0.1) is 34.9 Å². The van der Waals surface area contributed by atoms with Gasteiger partial charge in [0.2, 0.25) is 0 Å². The molecule has 2 unspecified atom stereocenters. The molecule has 0 spiro atoms. The van der Waals surface area contributed by atoms with E-state index in [0.29, 0.717) is 11.2 Å². The van der Waals surface area contributed by atoms with Crippen molar-refractivity contribution in [2.75, 3.05) is 29.0 Å². The number of fused-ring (bicyclic) bond motifs is 1. The highest BCUT2D eigenvalue weighted by Crippen LogP contribution is 2.29. The maximum absolute atomic E-state index is 13.0. The monoisotopic (exact) mass is 406 g/mol. The number of nitrogens with one attached hydrogen (secondary N) is 1. The van der Waals surface area contributed by atoms with Crippen molar-refractivity contribution in [1.82, 2.24) is 9.97 Å². The van der Waals surface area contributed by atoms with Crippen LogP contribution in [-0.4, -0.2) is 40.1 Å². The molecule has 156 valence electrons. The van der Waals surface area contributed by atoms with Crippen molar-refractivity contribution in [2.45, 2.75) is 31.9 Å². The van der Waals surface area contributed by atoms with Crippen LogP contribution < -0.4 is 21.7 Å². The van der Waals surface area contributed by atoms with Crippen molar-refractivity contribution in [1.29, 1.82) is 0 Å². The van der Waals surface area contributed by atoms with Crippen LogP contribution in [-0.2, 0) is 0 Å². The first kappa shape index (κ1) is 20.1. The Balaban J connectivity index is 1.64. The van der Waals surface area contributed by atoms with Gasteiger partial charge in [0.15, 0.2) is 5.69 Å². The number of nitrogens with zero attached hydrogens (tertiary/aromatic N) is 3. The lowest BCUT2D eigenvalue weighted by Crippen LogP contribution is -2.43. The van der Waals surface area contributed by atoms with E-state index in [1.165, 1.54) is 0 Å². The zero-order valence-corrected chi connectivity index (χ0v) is 16.9. The molecule has 1 saturated heterocycles. The second kappa shape index (κ2) is 8.25. The highest BCUT2D eigenvalue weighted by atomic mass is 16.3. The fraction of sp³-hybridized carbons (Fsp3) is 0.318. The fourth-order valence-corrected chi connectivity index (χ4v) is 3.81. The molecule has 8 heteroatoms. The van der Waals surface area contributed by atoms with Crippen LogP contribution in [0.3, 0.4) is 0 Å². The summed E-state index contributed by atoms with van der Waals surface area (Å²) in [7, 11) is 0. The molecule has 1 aliphatic rings. The predicted molar refractivity (Wildman–Crippen MR) is 118 cm³/mol. The number of hydrogen-bond acceptors (Lipinski definition) is 7. The second-order valence-electron chi connectivity index (χ2n) is 7.75. The Morgan fingerprint density at radius 2 is 2.17 bits per heavy atom. The minimum atomic E-state index is -0.625. The first-order valence-corrected chi connectivity index (χ1v) is 10.1. The van der Waals surface area contributed by atoms with Gasteiger partial charge in [-0.1, -0.05) is 12.1 Å². The Kier molecular flexibility index (Phi) is 5.52. The van der Waals surface area contributed by atoms with E-state index in [-0.39, 0.29) is 17.4 Å². The van der Waals surface area contributed by atoms with Gasteiger partial charge in [0.25, 0.3) is 5.91 Å². The highest BCUT2D eigenvalue weighted by molar-refractivity contribution is 6.09. The number of piperidine rings is 1. The topological polar surface area (TPSA) is 130 Å². The van der Waals surface area contributed by atoms with Gasteiger partial charge < -0.3 is 26.8 Å². The Bertz CT molecular complexity index is 1080. The molecule has 0 aliphatic carbocycles. The maximum Gasteiger partial charge on any atom is 0.276 e. The highest BCUT2D eigenvalue weighted by Gasteiger charge is 2.21. The van der Waals surface area contributed by atoms with E-state index in [0.717, 1.165) is 42.6 Å². The second-order valence-corrected chi connectivity index (χ2v) is 7.75. The van der Waals surface area contributed by atoms with Crippen LogP contribution in [0.2, 0.25) is 0 Å². The number of nitrogen functional groups attached to an aromatic ring is 1. The molecule has 0 bridgehead atoms. The summed E-state index contributed by atoms with van der Waals surface area (Å²) in [4.78, 5) is 23.8. The molecule has 3 aromatic rings. The van der Waals surface area contributed by atoms with Gasteiger partial charge >= 0.3 is 0 Å². The van der Waals surface area contributed by atoms with Crippen LogP contribution in [0.4, 0.5) is 17.1 Å². The van der Waals surface area contributed by atoms with Crippen molar-refractivity contribution in [3.63, 3.8) is 0 Å². The summed E-state index contributed by atoms with van der Waals surface area (Å²) in [5.41, 5.74) is 15.5. The SMILES string of the molecule is CC(O)c1ccc2cc(N)c(C(=O)Nc3cnccc3N3CCCC(N)C3)nc2c1. The van der Waals surface area contributed by atoms with Crippen LogP contribution in [0.25, 0.3) is 10.9 Å². The quantitative estimate of drug-likeness (QED) is 0.523. The van der Waals surface area contributed by atoms with Crippen molar-refractivity contribution >= 4 is 33.9 Å². The van der Waals surface area contributed by atoms with Crippen LogP contribution >= 0.6 is 0 Å². The summed E-state index contributed by atoms with van der Waals surface area (Å²) >= 11 is 0. The van der Waals surface area contributed by atoms with Crippen LogP contribution in [0.5, 0.6) is 0 Å². The number of nitrogens with two attached hydrogens (primary N) is 2. The van der Waals surface area contributed by atoms with E-state index < -0.39 is 12.0 Å².